The summed E-state index contributed by atoms with van der Waals surface area (Å²) in [5.41, 5.74) is 17.0. The van der Waals surface area contributed by atoms with Crippen molar-refractivity contribution in [3.63, 3.8) is 0 Å². The first-order chi connectivity index (χ1) is 26.8. The maximum Gasteiger partial charge on any atom is 0.240 e. The summed E-state index contributed by atoms with van der Waals surface area (Å²) in [6.07, 6.45) is 29.8. The molecule has 4 heterocycles. The van der Waals surface area contributed by atoms with Crippen molar-refractivity contribution in [3.05, 3.63) is 130 Å². The molecule has 56 heavy (non-hydrogen) atoms. The quantitative estimate of drug-likeness (QED) is 0.213. The van der Waals surface area contributed by atoms with E-state index in [1.807, 2.05) is 6.26 Å². The lowest BCUT2D eigenvalue weighted by molar-refractivity contribution is 0.132. The fraction of sp³-hybridized carbons (Fsp3) is 0.538. The molecule has 1 fully saturated rings. The lowest BCUT2D eigenvalue weighted by Crippen LogP contribution is -2.56. The van der Waals surface area contributed by atoms with Crippen molar-refractivity contribution in [2.45, 2.75) is 150 Å². The van der Waals surface area contributed by atoms with Crippen LogP contribution in [0.3, 0.4) is 0 Å². The first kappa shape index (κ1) is 39.2. The van der Waals surface area contributed by atoms with Gasteiger partial charge in [0, 0.05) is 47.0 Å². The van der Waals surface area contributed by atoms with Gasteiger partial charge in [0.1, 0.15) is 5.76 Å². The third-order valence-corrected chi connectivity index (χ3v) is 16.3. The van der Waals surface area contributed by atoms with Crippen LogP contribution in [-0.4, -0.2) is 29.7 Å². The first-order valence-corrected chi connectivity index (χ1v) is 22.4. The molecule has 4 bridgehead atoms. The highest BCUT2D eigenvalue weighted by Gasteiger charge is 2.60. The number of hydrogen-bond acceptors (Lipinski definition) is 3. The van der Waals surface area contributed by atoms with Crippen molar-refractivity contribution in [3.8, 4) is 0 Å². The lowest BCUT2D eigenvalue weighted by Gasteiger charge is -2.53. The van der Waals surface area contributed by atoms with Gasteiger partial charge in [-0.1, -0.05) is 139 Å². The van der Waals surface area contributed by atoms with Crippen molar-refractivity contribution < 1.29 is 4.74 Å². The molecule has 3 nitrogen and oxygen atoms in total. The Morgan fingerprint density at radius 1 is 1.09 bits per heavy atom. The third-order valence-electron chi connectivity index (χ3n) is 16.3. The zero-order valence-electron chi connectivity index (χ0n) is 36.5. The second kappa shape index (κ2) is 14.6. The number of ether oxygens (including phenoxy) is 1. The van der Waals surface area contributed by atoms with Gasteiger partial charge in [0.05, 0.1) is 17.8 Å². The molecule has 1 aromatic carbocycles. The smallest absolute Gasteiger partial charge is 0.240 e. The lowest BCUT2D eigenvalue weighted by atomic mass is 9.33. The number of benzene rings is 1. The number of hydrogen-bond donors (Lipinski definition) is 0. The van der Waals surface area contributed by atoms with E-state index in [0.717, 1.165) is 38.0 Å². The Hall–Kier alpha value is -3.66. The van der Waals surface area contributed by atoms with E-state index in [9.17, 15) is 0 Å². The van der Waals surface area contributed by atoms with E-state index in [4.69, 9.17) is 4.74 Å². The van der Waals surface area contributed by atoms with E-state index in [1.165, 1.54) is 77.7 Å². The summed E-state index contributed by atoms with van der Waals surface area (Å²) in [6.45, 7) is 30.3. The minimum absolute atomic E-state index is 0.0616. The van der Waals surface area contributed by atoms with Gasteiger partial charge >= 0.3 is 0 Å². The molecule has 0 spiro atoms. The normalized spacial score (nSPS) is 35.3. The van der Waals surface area contributed by atoms with Crippen LogP contribution in [0.5, 0.6) is 0 Å². The van der Waals surface area contributed by atoms with E-state index in [1.54, 1.807) is 22.2 Å². The van der Waals surface area contributed by atoms with Crippen LogP contribution in [0, 0.1) is 23.2 Å². The Morgan fingerprint density at radius 2 is 1.88 bits per heavy atom. The van der Waals surface area contributed by atoms with E-state index in [-0.39, 0.29) is 35.0 Å². The predicted octanol–water partition coefficient (Wildman–Crippen LogP) is 12.8. The molecule has 1 saturated carbocycles. The third kappa shape index (κ3) is 5.80. The summed E-state index contributed by atoms with van der Waals surface area (Å²) in [5.74, 6) is 2.12. The van der Waals surface area contributed by atoms with Crippen LogP contribution in [0.4, 0.5) is 5.69 Å². The molecular weight excluding hydrogens is 679 g/mol. The highest BCUT2D eigenvalue weighted by Crippen LogP contribution is 2.61. The summed E-state index contributed by atoms with van der Waals surface area (Å²) in [4.78, 5) is 5.82. The van der Waals surface area contributed by atoms with Gasteiger partial charge in [0.2, 0.25) is 6.71 Å². The molecule has 6 atom stereocenters. The summed E-state index contributed by atoms with van der Waals surface area (Å²) >= 11 is 0. The first-order valence-electron chi connectivity index (χ1n) is 22.4. The molecular formula is C52H69BN2O. The van der Waals surface area contributed by atoms with E-state index < -0.39 is 0 Å². The van der Waals surface area contributed by atoms with Crippen LogP contribution in [0.2, 0.25) is 0 Å². The molecule has 0 amide bonds. The molecule has 0 radical (unpaired) electrons. The highest BCUT2D eigenvalue weighted by atomic mass is 16.5. The number of para-hydroxylation sites is 1. The molecule has 4 heteroatoms. The molecule has 7 aliphatic rings. The zero-order chi connectivity index (χ0) is 39.7. The Bertz CT molecular complexity index is 2050. The Kier molecular flexibility index (Phi) is 10.2. The molecule has 0 aromatic heterocycles. The summed E-state index contributed by atoms with van der Waals surface area (Å²) < 4.78 is 6.74. The van der Waals surface area contributed by atoms with Gasteiger partial charge in [-0.15, -0.1) is 0 Å². The molecule has 4 aliphatic heterocycles. The van der Waals surface area contributed by atoms with Gasteiger partial charge in [-0.3, -0.25) is 0 Å². The largest absolute Gasteiger partial charge is 0.465 e. The van der Waals surface area contributed by atoms with Crippen LogP contribution >= 0.6 is 0 Å². The second-order valence-corrected chi connectivity index (χ2v) is 19.6. The van der Waals surface area contributed by atoms with Crippen molar-refractivity contribution in [1.82, 2.24) is 4.90 Å². The SMILES string of the molecule is C=C/C1=C(/C=C\CC)O/C=C/C=C2\CN(C3=C4C/C(=C\CC(C)=C3)N3c5c(cccc5C5(C)CCCCC35C)B42)C2C(=C(C)C(C(C)(C)CC)CC2C)C1CC. The minimum atomic E-state index is 0.0616. The average molecular weight is 749 g/mol. The van der Waals surface area contributed by atoms with E-state index in [2.05, 4.69) is 146 Å². The Balaban J connectivity index is 1.45. The van der Waals surface area contributed by atoms with E-state index in [0.29, 0.717) is 11.8 Å². The summed E-state index contributed by atoms with van der Waals surface area (Å²) in [7, 11) is 0. The van der Waals surface area contributed by atoms with Crippen LogP contribution in [0.1, 0.15) is 139 Å². The minimum Gasteiger partial charge on any atom is -0.465 e. The van der Waals surface area contributed by atoms with Gasteiger partial charge in [-0.2, -0.15) is 0 Å². The van der Waals surface area contributed by atoms with Crippen molar-refractivity contribution in [1.29, 1.82) is 0 Å². The molecule has 1 aromatic rings. The standard InChI is InChI=1S/C52H69BN2O/c1-12-16-24-46-39(13-2)40(14-3)47-36(7)42(50(8,9)15-4)31-35(6)48(47)54-33-37(21-20-29-56-46)53-43-23-19-22-41-49(43)55(52(11)28-18-17-27-51(41,52)10)38-26-25-34(5)30-45(54)44(53)32-38/h13,16,19-24,26,29-30,35,40,42,48H,2,12,14-15,17-18,25,27-28,31-33H2,1,3-11H3/b24-16-,29-20+,34-30?,37-21+,38-26+,46-39+. The van der Waals surface area contributed by atoms with Gasteiger partial charge in [-0.05, 0) is 111 Å². The molecule has 0 saturated heterocycles. The number of fused-ring (bicyclic) bond motifs is 12. The zero-order valence-corrected chi connectivity index (χ0v) is 36.5. The maximum absolute atomic E-state index is 6.74. The number of anilines is 1. The maximum atomic E-state index is 6.74. The number of allylic oxidation sites excluding steroid dienone is 11. The molecule has 0 N–H and O–H groups in total. The van der Waals surface area contributed by atoms with Gasteiger partial charge in [0.15, 0.2) is 0 Å². The van der Waals surface area contributed by atoms with Gasteiger partial charge in [0.25, 0.3) is 0 Å². The van der Waals surface area contributed by atoms with Crippen molar-refractivity contribution in [2.24, 2.45) is 23.2 Å². The average Bonchev–Trinajstić information content (AvgIpc) is 3.27. The topological polar surface area (TPSA) is 15.7 Å². The number of nitrogens with zero attached hydrogens (tertiary/aromatic N) is 2. The van der Waals surface area contributed by atoms with Crippen LogP contribution in [0.25, 0.3) is 0 Å². The second-order valence-electron chi connectivity index (χ2n) is 19.6. The van der Waals surface area contributed by atoms with Crippen LogP contribution < -0.4 is 10.4 Å². The number of rotatable bonds is 6. The summed E-state index contributed by atoms with van der Waals surface area (Å²) in [5, 5.41) is 0. The Morgan fingerprint density at radius 3 is 2.61 bits per heavy atom. The monoisotopic (exact) mass is 749 g/mol. The molecule has 3 aliphatic carbocycles. The van der Waals surface area contributed by atoms with Gasteiger partial charge in [-0.25, -0.2) is 0 Å². The molecule has 296 valence electrons. The van der Waals surface area contributed by atoms with Crippen LogP contribution in [0.15, 0.2) is 124 Å². The summed E-state index contributed by atoms with van der Waals surface area (Å²) in [6, 6.07) is 7.65. The fourth-order valence-corrected chi connectivity index (χ4v) is 12.8. The molecule has 6 unspecified atom stereocenters. The van der Waals surface area contributed by atoms with Crippen molar-refractivity contribution >= 4 is 17.9 Å². The Labute approximate surface area is 340 Å². The molecule has 8 rings (SSSR count). The van der Waals surface area contributed by atoms with Crippen LogP contribution in [-0.2, 0) is 10.2 Å². The highest BCUT2D eigenvalue weighted by molar-refractivity contribution is 6.87. The predicted molar refractivity (Wildman–Crippen MR) is 240 cm³/mol. The van der Waals surface area contributed by atoms with E-state index >= 15 is 0 Å². The van der Waals surface area contributed by atoms with Gasteiger partial charge < -0.3 is 14.5 Å². The fourth-order valence-electron chi connectivity index (χ4n) is 12.8. The van der Waals surface area contributed by atoms with Crippen molar-refractivity contribution in [2.75, 3.05) is 11.4 Å².